The summed E-state index contributed by atoms with van der Waals surface area (Å²) >= 11 is 0. The minimum Gasteiger partial charge on any atom is -0.225 e. The van der Waals surface area contributed by atoms with E-state index in [4.69, 9.17) is 5.14 Å². The lowest BCUT2D eigenvalue weighted by atomic mass is 10.1. The molecule has 0 fully saturated rings. The predicted octanol–water partition coefficient (Wildman–Crippen LogP) is 0.618. The number of nitrogens with one attached hydrogen (secondary N) is 2. The van der Waals surface area contributed by atoms with Crippen LogP contribution >= 0.6 is 0 Å². The average Bonchev–Trinajstić information content (AvgIpc) is 2.23. The van der Waals surface area contributed by atoms with Crippen LogP contribution in [-0.2, 0) is 20.2 Å². The fourth-order valence-electron chi connectivity index (χ4n) is 1.69. The Balaban J connectivity index is 2.98. The molecule has 120 valence electrons. The van der Waals surface area contributed by atoms with Gasteiger partial charge in [0.1, 0.15) is 0 Å². The smallest absolute Gasteiger partial charge is 0.225 e. The minimum absolute atomic E-state index is 0.0603. The van der Waals surface area contributed by atoms with Crippen LogP contribution in [0, 0.1) is 0 Å². The van der Waals surface area contributed by atoms with Gasteiger partial charge in [-0.3, -0.25) is 0 Å². The maximum atomic E-state index is 11.9. The lowest BCUT2D eigenvalue weighted by Gasteiger charge is -2.23. The highest BCUT2D eigenvalue weighted by molar-refractivity contribution is 7.89. The highest BCUT2D eigenvalue weighted by atomic mass is 32.2. The predicted molar refractivity (Wildman–Crippen MR) is 81.2 cm³/mol. The van der Waals surface area contributed by atoms with Crippen molar-refractivity contribution < 1.29 is 16.8 Å². The van der Waals surface area contributed by atoms with Crippen molar-refractivity contribution in [2.75, 3.05) is 0 Å². The number of benzene rings is 1. The molecule has 0 bridgehead atoms. The number of hydrogen-bond acceptors (Lipinski definition) is 4. The van der Waals surface area contributed by atoms with Gasteiger partial charge in [-0.05, 0) is 45.4 Å². The van der Waals surface area contributed by atoms with Gasteiger partial charge in [-0.15, -0.1) is 0 Å². The molecule has 0 saturated heterocycles. The van der Waals surface area contributed by atoms with E-state index in [9.17, 15) is 16.8 Å². The molecule has 0 aromatic heterocycles. The Morgan fingerprint density at radius 3 is 2.19 bits per heavy atom. The van der Waals surface area contributed by atoms with Gasteiger partial charge in [-0.2, -0.15) is 17.9 Å². The fourth-order valence-corrected chi connectivity index (χ4v) is 3.73. The molecular formula is C12H21N3O4S2. The minimum atomic E-state index is -3.82. The molecule has 0 amide bonds. The number of primary sulfonamides is 1. The quantitative estimate of drug-likeness (QED) is 0.730. The summed E-state index contributed by atoms with van der Waals surface area (Å²) < 4.78 is 51.4. The zero-order valence-electron chi connectivity index (χ0n) is 12.4. The molecule has 0 aliphatic carbocycles. The van der Waals surface area contributed by atoms with Gasteiger partial charge in [0.05, 0.1) is 4.90 Å². The molecule has 21 heavy (non-hydrogen) atoms. The molecule has 1 rings (SSSR count). The van der Waals surface area contributed by atoms with E-state index in [2.05, 4.69) is 9.44 Å². The van der Waals surface area contributed by atoms with E-state index in [0.717, 1.165) is 0 Å². The van der Waals surface area contributed by atoms with E-state index < -0.39 is 31.8 Å². The van der Waals surface area contributed by atoms with Crippen molar-refractivity contribution in [3.05, 3.63) is 29.8 Å². The van der Waals surface area contributed by atoms with E-state index >= 15 is 0 Å². The van der Waals surface area contributed by atoms with E-state index in [-0.39, 0.29) is 4.90 Å². The number of rotatable bonds is 5. The standard InChI is InChI=1S/C12H21N3O4S2/c1-9(14-21(18,19)15-12(2,3)4)10-6-5-7-11(8-10)20(13,16)17/h5-9,14-15H,1-4H3,(H2,13,16,17). The van der Waals surface area contributed by atoms with Crippen LogP contribution in [0.4, 0.5) is 0 Å². The van der Waals surface area contributed by atoms with Crippen LogP contribution in [0.3, 0.4) is 0 Å². The molecule has 0 aliphatic heterocycles. The second-order valence-corrected chi connectivity index (χ2v) is 8.82. The third kappa shape index (κ3) is 6.10. The molecule has 7 nitrogen and oxygen atoms in total. The number of nitrogens with two attached hydrogens (primary N) is 1. The molecule has 0 aliphatic rings. The summed E-state index contributed by atoms with van der Waals surface area (Å²) in [7, 11) is -7.54. The Hall–Kier alpha value is -1.00. The molecular weight excluding hydrogens is 314 g/mol. The fraction of sp³-hybridized carbons (Fsp3) is 0.500. The first kappa shape index (κ1) is 18.1. The van der Waals surface area contributed by atoms with Gasteiger partial charge in [0.2, 0.25) is 10.0 Å². The Morgan fingerprint density at radius 2 is 1.71 bits per heavy atom. The highest BCUT2D eigenvalue weighted by Gasteiger charge is 2.22. The van der Waals surface area contributed by atoms with Crippen LogP contribution in [0.2, 0.25) is 0 Å². The second kappa shape index (κ2) is 6.01. The topological polar surface area (TPSA) is 118 Å². The van der Waals surface area contributed by atoms with Crippen LogP contribution in [0.5, 0.6) is 0 Å². The van der Waals surface area contributed by atoms with Crippen molar-refractivity contribution >= 4 is 20.2 Å². The van der Waals surface area contributed by atoms with Gasteiger partial charge < -0.3 is 0 Å². The zero-order valence-corrected chi connectivity index (χ0v) is 14.0. The molecule has 0 heterocycles. The summed E-state index contributed by atoms with van der Waals surface area (Å²) in [5, 5.41) is 5.06. The zero-order chi connectivity index (χ0) is 16.5. The SMILES string of the molecule is CC(NS(=O)(=O)NC(C)(C)C)c1cccc(S(N)(=O)=O)c1. The van der Waals surface area contributed by atoms with Gasteiger partial charge in [-0.25, -0.2) is 13.6 Å². The average molecular weight is 335 g/mol. The molecule has 9 heteroatoms. The first-order chi connectivity index (χ1) is 9.30. The first-order valence-corrected chi connectivity index (χ1v) is 9.27. The monoisotopic (exact) mass is 335 g/mol. The molecule has 1 aromatic carbocycles. The largest absolute Gasteiger partial charge is 0.277 e. The van der Waals surface area contributed by atoms with Gasteiger partial charge in [0, 0.05) is 11.6 Å². The van der Waals surface area contributed by atoms with Crippen LogP contribution in [0.25, 0.3) is 0 Å². The Kier molecular flexibility index (Phi) is 5.17. The van der Waals surface area contributed by atoms with Crippen LogP contribution < -0.4 is 14.6 Å². The van der Waals surface area contributed by atoms with Crippen LogP contribution in [0.1, 0.15) is 39.3 Å². The number of hydrogen-bond donors (Lipinski definition) is 3. The van der Waals surface area contributed by atoms with Gasteiger partial charge in [-0.1, -0.05) is 12.1 Å². The van der Waals surface area contributed by atoms with E-state index in [0.29, 0.717) is 5.56 Å². The highest BCUT2D eigenvalue weighted by Crippen LogP contribution is 2.17. The summed E-state index contributed by atoms with van der Waals surface area (Å²) in [5.74, 6) is 0. The van der Waals surface area contributed by atoms with Crippen molar-refractivity contribution in [1.29, 1.82) is 0 Å². The number of sulfonamides is 1. The summed E-state index contributed by atoms with van der Waals surface area (Å²) in [6.07, 6.45) is 0. The maximum Gasteiger partial charge on any atom is 0.277 e. The van der Waals surface area contributed by atoms with Crippen LogP contribution in [-0.4, -0.2) is 22.4 Å². The molecule has 1 atom stereocenters. The van der Waals surface area contributed by atoms with Crippen molar-refractivity contribution in [2.45, 2.75) is 44.2 Å². The van der Waals surface area contributed by atoms with Crippen molar-refractivity contribution in [3.63, 3.8) is 0 Å². The summed E-state index contributed by atoms with van der Waals surface area (Å²) in [4.78, 5) is -0.0603. The second-order valence-electron chi connectivity index (χ2n) is 5.81. The molecule has 1 aromatic rings. The van der Waals surface area contributed by atoms with Gasteiger partial charge >= 0.3 is 0 Å². The van der Waals surface area contributed by atoms with Crippen molar-refractivity contribution in [3.8, 4) is 0 Å². The summed E-state index contributed by atoms with van der Waals surface area (Å²) in [6.45, 7) is 6.78. The van der Waals surface area contributed by atoms with Crippen LogP contribution in [0.15, 0.2) is 29.2 Å². The molecule has 0 saturated carbocycles. The summed E-state index contributed by atoms with van der Waals surface area (Å²) in [6, 6.07) is 5.23. The third-order valence-electron chi connectivity index (χ3n) is 2.46. The summed E-state index contributed by atoms with van der Waals surface area (Å²) in [5.41, 5.74) is -0.116. The van der Waals surface area contributed by atoms with Gasteiger partial charge in [0.25, 0.3) is 10.2 Å². The first-order valence-electron chi connectivity index (χ1n) is 6.24. The third-order valence-corrected chi connectivity index (χ3v) is 4.92. The lowest BCUT2D eigenvalue weighted by Crippen LogP contribution is -2.47. The van der Waals surface area contributed by atoms with E-state index in [1.54, 1.807) is 33.8 Å². The normalized spacial score (nSPS) is 14.9. The molecule has 0 spiro atoms. The van der Waals surface area contributed by atoms with E-state index in [1.165, 1.54) is 18.2 Å². The molecule has 1 unspecified atom stereocenters. The van der Waals surface area contributed by atoms with Crippen molar-refractivity contribution in [1.82, 2.24) is 9.44 Å². The molecule has 4 N–H and O–H groups in total. The lowest BCUT2D eigenvalue weighted by molar-refractivity contribution is 0.478. The molecule has 0 radical (unpaired) electrons. The van der Waals surface area contributed by atoms with E-state index in [1.807, 2.05) is 0 Å². The Labute approximate surface area is 126 Å². The maximum absolute atomic E-state index is 11.9. The Bertz CT molecular complexity index is 706. The van der Waals surface area contributed by atoms with Crippen molar-refractivity contribution in [2.24, 2.45) is 5.14 Å². The van der Waals surface area contributed by atoms with Gasteiger partial charge in [0.15, 0.2) is 0 Å². The Morgan fingerprint density at radius 1 is 1.14 bits per heavy atom.